The zero-order valence-electron chi connectivity index (χ0n) is 6.72. The molecule has 1 nitrogen and oxygen atoms in total. The Balaban J connectivity index is 2.90. The first-order chi connectivity index (χ1) is 5.59. The van der Waals surface area contributed by atoms with Crippen molar-refractivity contribution in [2.24, 2.45) is 0 Å². The van der Waals surface area contributed by atoms with Gasteiger partial charge in [-0.15, -0.1) is 0 Å². The molecule has 1 rings (SSSR count). The molecule has 1 atom stereocenters. The Morgan fingerprint density at radius 3 is 2.83 bits per heavy atom. The Bertz CT molecular complexity index is 273. The van der Waals surface area contributed by atoms with Crippen LogP contribution in [0.4, 0.5) is 0 Å². The molecule has 0 amide bonds. The zero-order chi connectivity index (χ0) is 9.14. The minimum absolute atomic E-state index is 0.350. The predicted octanol–water partition coefficient (Wildman–Crippen LogP) is 3.03. The topological polar surface area (TPSA) is 20.2 Å². The van der Waals surface area contributed by atoms with Crippen LogP contribution in [-0.2, 0) is 6.42 Å². The fraction of sp³-hybridized carbons (Fsp3) is 0.333. The number of halogens is 2. The van der Waals surface area contributed by atoms with E-state index < -0.39 is 0 Å². The van der Waals surface area contributed by atoms with E-state index in [1.54, 1.807) is 6.92 Å². The third-order valence-electron chi connectivity index (χ3n) is 1.52. The highest BCUT2D eigenvalue weighted by atomic mass is 79.9. The van der Waals surface area contributed by atoms with Gasteiger partial charge in [-0.1, -0.05) is 27.5 Å². The van der Waals surface area contributed by atoms with Gasteiger partial charge < -0.3 is 5.11 Å². The molecule has 12 heavy (non-hydrogen) atoms. The Hall–Kier alpha value is -0.0500. The Morgan fingerprint density at radius 1 is 1.58 bits per heavy atom. The molecular weight excluding hydrogens is 239 g/mol. The maximum atomic E-state index is 9.15. The summed E-state index contributed by atoms with van der Waals surface area (Å²) in [5.74, 6) is 0. The molecule has 66 valence electrons. The summed E-state index contributed by atoms with van der Waals surface area (Å²) in [6, 6.07) is 5.63. The molecule has 0 saturated heterocycles. The molecule has 1 aromatic carbocycles. The van der Waals surface area contributed by atoms with Gasteiger partial charge in [0.2, 0.25) is 0 Å². The maximum Gasteiger partial charge on any atom is 0.0552 e. The molecule has 0 aliphatic carbocycles. The van der Waals surface area contributed by atoms with Crippen LogP contribution in [0.15, 0.2) is 22.7 Å². The van der Waals surface area contributed by atoms with Crippen LogP contribution in [0.3, 0.4) is 0 Å². The van der Waals surface area contributed by atoms with Gasteiger partial charge in [-0.05, 0) is 37.1 Å². The van der Waals surface area contributed by atoms with E-state index >= 15 is 0 Å². The van der Waals surface area contributed by atoms with E-state index in [9.17, 15) is 0 Å². The molecule has 0 fully saturated rings. The lowest BCUT2D eigenvalue weighted by Crippen LogP contribution is -2.04. The Morgan fingerprint density at radius 2 is 2.25 bits per heavy atom. The van der Waals surface area contributed by atoms with Gasteiger partial charge >= 0.3 is 0 Å². The normalized spacial score (nSPS) is 13.0. The predicted molar refractivity (Wildman–Crippen MR) is 54.5 cm³/mol. The lowest BCUT2D eigenvalue weighted by Gasteiger charge is -2.06. The third kappa shape index (κ3) is 2.77. The van der Waals surface area contributed by atoms with Crippen molar-refractivity contribution in [2.45, 2.75) is 19.4 Å². The number of aliphatic hydroxyl groups excluding tert-OH is 1. The van der Waals surface area contributed by atoms with Crippen molar-refractivity contribution in [3.8, 4) is 0 Å². The van der Waals surface area contributed by atoms with Crippen molar-refractivity contribution in [1.29, 1.82) is 0 Å². The van der Waals surface area contributed by atoms with Crippen molar-refractivity contribution in [3.63, 3.8) is 0 Å². The largest absolute Gasteiger partial charge is 0.393 e. The number of rotatable bonds is 2. The number of hydrogen-bond donors (Lipinski definition) is 1. The smallest absolute Gasteiger partial charge is 0.0552 e. The highest BCUT2D eigenvalue weighted by Gasteiger charge is 2.03. The molecule has 0 radical (unpaired) electrons. The zero-order valence-corrected chi connectivity index (χ0v) is 9.06. The quantitative estimate of drug-likeness (QED) is 0.854. The standard InChI is InChI=1S/C9H10BrClO/c1-6(12)4-7-5-8(10)2-3-9(7)11/h2-3,5-6,12H,4H2,1H3/t6-/m0/s1. The van der Waals surface area contributed by atoms with Crippen LogP contribution in [0, 0.1) is 0 Å². The monoisotopic (exact) mass is 248 g/mol. The van der Waals surface area contributed by atoms with Gasteiger partial charge in [-0.3, -0.25) is 0 Å². The second kappa shape index (κ2) is 4.26. The fourth-order valence-electron chi connectivity index (χ4n) is 1.02. The minimum Gasteiger partial charge on any atom is -0.393 e. The van der Waals surface area contributed by atoms with Gasteiger partial charge in [0.15, 0.2) is 0 Å². The first-order valence-electron chi connectivity index (χ1n) is 3.71. The van der Waals surface area contributed by atoms with E-state index in [1.165, 1.54) is 0 Å². The van der Waals surface area contributed by atoms with Crippen LogP contribution in [-0.4, -0.2) is 11.2 Å². The van der Waals surface area contributed by atoms with Crippen molar-refractivity contribution in [2.75, 3.05) is 0 Å². The van der Waals surface area contributed by atoms with E-state index in [-0.39, 0.29) is 6.10 Å². The number of benzene rings is 1. The highest BCUT2D eigenvalue weighted by Crippen LogP contribution is 2.21. The minimum atomic E-state index is -0.350. The van der Waals surface area contributed by atoms with Gasteiger partial charge in [0.25, 0.3) is 0 Å². The molecule has 0 aliphatic rings. The lowest BCUT2D eigenvalue weighted by molar-refractivity contribution is 0.195. The average Bonchev–Trinajstić information content (AvgIpc) is 1.96. The Labute approximate surface area is 85.5 Å². The number of aliphatic hydroxyl groups is 1. The van der Waals surface area contributed by atoms with E-state index in [4.69, 9.17) is 16.7 Å². The first-order valence-corrected chi connectivity index (χ1v) is 4.88. The van der Waals surface area contributed by atoms with Crippen LogP contribution in [0.5, 0.6) is 0 Å². The molecule has 0 aliphatic heterocycles. The summed E-state index contributed by atoms with van der Waals surface area (Å²) < 4.78 is 0.988. The summed E-state index contributed by atoms with van der Waals surface area (Å²) in [6.45, 7) is 1.75. The second-order valence-corrected chi connectivity index (χ2v) is 4.11. The van der Waals surface area contributed by atoms with Gasteiger partial charge in [0, 0.05) is 9.50 Å². The molecule has 0 unspecified atom stereocenters. The van der Waals surface area contributed by atoms with Gasteiger partial charge in [-0.2, -0.15) is 0 Å². The molecule has 0 spiro atoms. The molecule has 0 bridgehead atoms. The second-order valence-electron chi connectivity index (χ2n) is 2.79. The Kier molecular flexibility index (Phi) is 3.56. The average molecular weight is 250 g/mol. The van der Waals surface area contributed by atoms with Crippen LogP contribution in [0.2, 0.25) is 5.02 Å². The van der Waals surface area contributed by atoms with Crippen molar-refractivity contribution < 1.29 is 5.11 Å². The molecule has 1 N–H and O–H groups in total. The molecule has 1 aromatic rings. The van der Waals surface area contributed by atoms with Crippen LogP contribution >= 0.6 is 27.5 Å². The summed E-state index contributed by atoms with van der Waals surface area (Å²) in [5, 5.41) is 9.85. The van der Waals surface area contributed by atoms with Gasteiger partial charge in [0.1, 0.15) is 0 Å². The summed E-state index contributed by atoms with van der Waals surface area (Å²) >= 11 is 9.25. The molecular formula is C9H10BrClO. The summed E-state index contributed by atoms with van der Waals surface area (Å²) in [4.78, 5) is 0. The summed E-state index contributed by atoms with van der Waals surface area (Å²) in [6.07, 6.45) is 0.245. The van der Waals surface area contributed by atoms with Gasteiger partial charge in [0.05, 0.1) is 6.10 Å². The van der Waals surface area contributed by atoms with E-state index in [0.717, 1.165) is 10.0 Å². The van der Waals surface area contributed by atoms with Crippen molar-refractivity contribution in [3.05, 3.63) is 33.3 Å². The third-order valence-corrected chi connectivity index (χ3v) is 2.39. The summed E-state index contributed by atoms with van der Waals surface area (Å²) in [5.41, 5.74) is 0.973. The van der Waals surface area contributed by atoms with Crippen LogP contribution < -0.4 is 0 Å². The number of hydrogen-bond acceptors (Lipinski definition) is 1. The van der Waals surface area contributed by atoms with Gasteiger partial charge in [-0.25, -0.2) is 0 Å². The molecule has 0 aromatic heterocycles. The van der Waals surface area contributed by atoms with Crippen LogP contribution in [0.1, 0.15) is 12.5 Å². The lowest BCUT2D eigenvalue weighted by atomic mass is 10.1. The van der Waals surface area contributed by atoms with Crippen molar-refractivity contribution in [1.82, 2.24) is 0 Å². The van der Waals surface area contributed by atoms with E-state index in [1.807, 2.05) is 18.2 Å². The van der Waals surface area contributed by atoms with Crippen LogP contribution in [0.25, 0.3) is 0 Å². The molecule has 3 heteroatoms. The highest BCUT2D eigenvalue weighted by molar-refractivity contribution is 9.10. The van der Waals surface area contributed by atoms with Crippen molar-refractivity contribution >= 4 is 27.5 Å². The molecule has 0 saturated carbocycles. The first kappa shape index (κ1) is 10.0. The van der Waals surface area contributed by atoms with E-state index in [0.29, 0.717) is 11.4 Å². The fourth-order valence-corrected chi connectivity index (χ4v) is 1.62. The van der Waals surface area contributed by atoms with E-state index in [2.05, 4.69) is 15.9 Å². The maximum absolute atomic E-state index is 9.15. The molecule has 0 heterocycles. The summed E-state index contributed by atoms with van der Waals surface area (Å²) in [7, 11) is 0. The SMILES string of the molecule is C[C@H](O)Cc1cc(Br)ccc1Cl.